The summed E-state index contributed by atoms with van der Waals surface area (Å²) in [6.07, 6.45) is 1.58. The highest BCUT2D eigenvalue weighted by Crippen LogP contribution is 2.16. The summed E-state index contributed by atoms with van der Waals surface area (Å²) in [5.74, 6) is 0.302. The van der Waals surface area contributed by atoms with Gasteiger partial charge in [0.1, 0.15) is 11.5 Å². The van der Waals surface area contributed by atoms with Gasteiger partial charge in [-0.2, -0.15) is 5.10 Å². The summed E-state index contributed by atoms with van der Waals surface area (Å²) in [6.45, 7) is 1.86. The molecule has 88 valence electrons. The van der Waals surface area contributed by atoms with E-state index in [1.165, 1.54) is 4.68 Å². The lowest BCUT2D eigenvalue weighted by atomic mass is 10.3. The lowest BCUT2D eigenvalue weighted by Crippen LogP contribution is -2.17. The van der Waals surface area contributed by atoms with Crippen LogP contribution in [-0.2, 0) is 7.05 Å². The third-order valence-corrected chi connectivity index (χ3v) is 3.15. The number of anilines is 1. The van der Waals surface area contributed by atoms with Crippen molar-refractivity contribution in [1.82, 2.24) is 14.8 Å². The minimum Gasteiger partial charge on any atom is -0.305 e. The summed E-state index contributed by atoms with van der Waals surface area (Å²) in [7, 11) is 1.72. The van der Waals surface area contributed by atoms with E-state index < -0.39 is 0 Å². The average Bonchev–Trinajstić information content (AvgIpc) is 2.70. The van der Waals surface area contributed by atoms with Gasteiger partial charge in [0.25, 0.3) is 5.91 Å². The first-order valence-corrected chi connectivity index (χ1v) is 5.80. The topological polar surface area (TPSA) is 59.8 Å². The smallest absolute Gasteiger partial charge is 0.275 e. The van der Waals surface area contributed by atoms with E-state index in [1.54, 1.807) is 25.4 Å². The van der Waals surface area contributed by atoms with Crippen LogP contribution in [0.2, 0.25) is 0 Å². The summed E-state index contributed by atoms with van der Waals surface area (Å²) < 4.78 is 2.43. The zero-order valence-corrected chi connectivity index (χ0v) is 11.0. The number of carbonyl (C=O) groups excluding carboxylic acids is 1. The number of nitrogens with one attached hydrogen (secondary N) is 1. The fourth-order valence-electron chi connectivity index (χ4n) is 1.39. The number of halogens is 1. The molecule has 0 unspecified atom stereocenters. The molecule has 2 aromatic heterocycles. The number of aryl methyl sites for hydroxylation is 2. The minimum atomic E-state index is -0.223. The van der Waals surface area contributed by atoms with Crippen molar-refractivity contribution >= 4 is 27.7 Å². The third-order valence-electron chi connectivity index (χ3n) is 2.32. The molecule has 2 heterocycles. The van der Waals surface area contributed by atoms with Crippen LogP contribution in [0.15, 0.2) is 28.9 Å². The molecule has 0 fully saturated rings. The quantitative estimate of drug-likeness (QED) is 0.923. The molecule has 5 nitrogen and oxygen atoms in total. The molecule has 0 bridgehead atoms. The van der Waals surface area contributed by atoms with E-state index in [1.807, 2.05) is 13.0 Å². The molecular formula is C11H11BrN4O. The zero-order chi connectivity index (χ0) is 12.4. The number of amides is 1. The van der Waals surface area contributed by atoms with Crippen molar-refractivity contribution in [2.75, 3.05) is 5.32 Å². The second-order valence-electron chi connectivity index (χ2n) is 3.56. The molecule has 1 N–H and O–H groups in total. The molecule has 0 spiro atoms. The van der Waals surface area contributed by atoms with Gasteiger partial charge in [-0.05, 0) is 41.1 Å². The molecule has 0 saturated heterocycles. The summed E-state index contributed by atoms with van der Waals surface area (Å²) in [4.78, 5) is 16.1. The fourth-order valence-corrected chi connectivity index (χ4v) is 1.61. The van der Waals surface area contributed by atoms with Gasteiger partial charge in [0, 0.05) is 17.7 Å². The van der Waals surface area contributed by atoms with Gasteiger partial charge in [0.05, 0.1) is 5.69 Å². The Morgan fingerprint density at radius 3 is 2.76 bits per heavy atom. The van der Waals surface area contributed by atoms with Crippen LogP contribution >= 0.6 is 15.9 Å². The van der Waals surface area contributed by atoms with Crippen molar-refractivity contribution < 1.29 is 4.79 Å². The van der Waals surface area contributed by atoms with Crippen LogP contribution in [0.1, 0.15) is 16.2 Å². The number of hydrogen-bond donors (Lipinski definition) is 1. The number of aromatic nitrogens is 3. The van der Waals surface area contributed by atoms with E-state index in [2.05, 4.69) is 31.3 Å². The highest BCUT2D eigenvalue weighted by molar-refractivity contribution is 9.10. The molecule has 1 amide bonds. The zero-order valence-electron chi connectivity index (χ0n) is 9.44. The Labute approximate surface area is 107 Å². The SMILES string of the molecule is Cc1nc(NC(=O)c2ccnn2C)ccc1Br. The lowest BCUT2D eigenvalue weighted by molar-refractivity contribution is 0.101. The molecule has 0 aliphatic heterocycles. The Morgan fingerprint density at radius 1 is 1.41 bits per heavy atom. The van der Waals surface area contributed by atoms with E-state index in [-0.39, 0.29) is 5.91 Å². The largest absolute Gasteiger partial charge is 0.305 e. The van der Waals surface area contributed by atoms with Crippen molar-refractivity contribution in [3.8, 4) is 0 Å². The predicted molar refractivity (Wildman–Crippen MR) is 67.8 cm³/mol. The molecular weight excluding hydrogens is 284 g/mol. The molecule has 0 radical (unpaired) electrons. The summed E-state index contributed by atoms with van der Waals surface area (Å²) in [6, 6.07) is 5.24. The number of carbonyl (C=O) groups is 1. The Bertz CT molecular complexity index is 564. The van der Waals surface area contributed by atoms with E-state index in [0.29, 0.717) is 11.5 Å². The second-order valence-corrected chi connectivity index (χ2v) is 4.41. The number of nitrogens with zero attached hydrogens (tertiary/aromatic N) is 3. The van der Waals surface area contributed by atoms with Crippen molar-refractivity contribution in [3.05, 3.63) is 40.3 Å². The maximum atomic E-state index is 11.9. The molecule has 0 aliphatic rings. The van der Waals surface area contributed by atoms with Crippen LogP contribution in [0.4, 0.5) is 5.82 Å². The van der Waals surface area contributed by atoms with Gasteiger partial charge in [0.2, 0.25) is 0 Å². The van der Waals surface area contributed by atoms with Gasteiger partial charge >= 0.3 is 0 Å². The van der Waals surface area contributed by atoms with Gasteiger partial charge in [-0.15, -0.1) is 0 Å². The Balaban J connectivity index is 2.19. The Hall–Kier alpha value is -1.69. The monoisotopic (exact) mass is 294 g/mol. The molecule has 2 aromatic rings. The summed E-state index contributed by atoms with van der Waals surface area (Å²) >= 11 is 3.36. The lowest BCUT2D eigenvalue weighted by Gasteiger charge is -2.06. The molecule has 17 heavy (non-hydrogen) atoms. The number of pyridine rings is 1. The van der Waals surface area contributed by atoms with Crippen molar-refractivity contribution in [2.45, 2.75) is 6.92 Å². The van der Waals surface area contributed by atoms with Gasteiger partial charge < -0.3 is 5.32 Å². The Morgan fingerprint density at radius 2 is 2.18 bits per heavy atom. The van der Waals surface area contributed by atoms with Crippen molar-refractivity contribution in [2.24, 2.45) is 7.05 Å². The fraction of sp³-hybridized carbons (Fsp3) is 0.182. The van der Waals surface area contributed by atoms with E-state index in [9.17, 15) is 4.79 Å². The van der Waals surface area contributed by atoms with Crippen molar-refractivity contribution in [3.63, 3.8) is 0 Å². The summed E-state index contributed by atoms with van der Waals surface area (Å²) in [5, 5.41) is 6.66. The number of rotatable bonds is 2. The first-order valence-electron chi connectivity index (χ1n) is 5.00. The first-order chi connectivity index (χ1) is 8.08. The molecule has 0 saturated carbocycles. The van der Waals surface area contributed by atoms with Crippen molar-refractivity contribution in [1.29, 1.82) is 0 Å². The molecule has 6 heteroatoms. The maximum absolute atomic E-state index is 11.9. The van der Waals surface area contributed by atoms with E-state index in [0.717, 1.165) is 10.2 Å². The first kappa shape index (κ1) is 11.8. The van der Waals surface area contributed by atoms with E-state index in [4.69, 9.17) is 0 Å². The molecule has 0 aliphatic carbocycles. The standard InChI is InChI=1S/C11H11BrN4O/c1-7-8(12)3-4-10(14-7)15-11(17)9-5-6-13-16(9)2/h3-6H,1-2H3,(H,14,15,17). The van der Waals surface area contributed by atoms with Gasteiger partial charge in [0.15, 0.2) is 0 Å². The Kier molecular flexibility index (Phi) is 3.23. The van der Waals surface area contributed by atoms with Crippen LogP contribution in [0.3, 0.4) is 0 Å². The minimum absolute atomic E-state index is 0.223. The highest BCUT2D eigenvalue weighted by atomic mass is 79.9. The normalized spacial score (nSPS) is 10.3. The van der Waals surface area contributed by atoms with Crippen LogP contribution in [0, 0.1) is 6.92 Å². The average molecular weight is 295 g/mol. The molecule has 0 atom stereocenters. The van der Waals surface area contributed by atoms with Gasteiger partial charge in [-0.3, -0.25) is 9.48 Å². The van der Waals surface area contributed by atoms with Crippen LogP contribution < -0.4 is 5.32 Å². The molecule has 0 aromatic carbocycles. The maximum Gasteiger partial charge on any atom is 0.275 e. The van der Waals surface area contributed by atoms with E-state index >= 15 is 0 Å². The second kappa shape index (κ2) is 4.67. The van der Waals surface area contributed by atoms with Crippen LogP contribution in [-0.4, -0.2) is 20.7 Å². The predicted octanol–water partition coefficient (Wildman–Crippen LogP) is 2.14. The summed E-state index contributed by atoms with van der Waals surface area (Å²) in [5.41, 5.74) is 1.32. The van der Waals surface area contributed by atoms with Gasteiger partial charge in [-0.1, -0.05) is 0 Å². The van der Waals surface area contributed by atoms with Gasteiger partial charge in [-0.25, -0.2) is 4.98 Å². The number of hydrogen-bond acceptors (Lipinski definition) is 3. The van der Waals surface area contributed by atoms with Crippen LogP contribution in [0.5, 0.6) is 0 Å². The van der Waals surface area contributed by atoms with Crippen LogP contribution in [0.25, 0.3) is 0 Å². The highest BCUT2D eigenvalue weighted by Gasteiger charge is 2.10. The third kappa shape index (κ3) is 2.52. The molecule has 2 rings (SSSR count).